The van der Waals surface area contributed by atoms with Gasteiger partial charge in [0.15, 0.2) is 0 Å². The van der Waals surface area contributed by atoms with E-state index in [4.69, 9.17) is 0 Å². The molecule has 0 aromatic heterocycles. The van der Waals surface area contributed by atoms with Crippen LogP contribution in [0.4, 0.5) is 5.69 Å². The van der Waals surface area contributed by atoms with E-state index in [0.717, 1.165) is 29.8 Å². The zero-order valence-electron chi connectivity index (χ0n) is 11.7. The standard InChI is InChI=1S/C15H24N2O/c1-4-5-6-7-10-17-15(18)13-11-12(2)8-9-14(13)16-3/h8-9,11,16H,4-7,10H2,1-3H3,(H,17,18). The first-order valence-corrected chi connectivity index (χ1v) is 6.75. The lowest BCUT2D eigenvalue weighted by atomic mass is 10.1. The van der Waals surface area contributed by atoms with Gasteiger partial charge in [0.1, 0.15) is 0 Å². The van der Waals surface area contributed by atoms with Gasteiger partial charge >= 0.3 is 0 Å². The third-order valence-electron chi connectivity index (χ3n) is 3.00. The quantitative estimate of drug-likeness (QED) is 0.727. The minimum absolute atomic E-state index is 0.0135. The Balaban J connectivity index is 2.52. The summed E-state index contributed by atoms with van der Waals surface area (Å²) in [6.07, 6.45) is 4.70. The van der Waals surface area contributed by atoms with Crippen LogP contribution in [0.15, 0.2) is 18.2 Å². The van der Waals surface area contributed by atoms with Crippen LogP contribution in [0.1, 0.15) is 48.5 Å². The normalized spacial score (nSPS) is 10.2. The Morgan fingerprint density at radius 1 is 1.22 bits per heavy atom. The van der Waals surface area contributed by atoms with Gasteiger partial charge in [-0.2, -0.15) is 0 Å². The van der Waals surface area contributed by atoms with Gasteiger partial charge in [-0.25, -0.2) is 0 Å². The molecule has 18 heavy (non-hydrogen) atoms. The molecule has 0 aliphatic heterocycles. The lowest BCUT2D eigenvalue weighted by Gasteiger charge is -2.10. The molecule has 0 fully saturated rings. The second kappa shape index (κ2) is 7.75. The maximum absolute atomic E-state index is 12.1. The van der Waals surface area contributed by atoms with Crippen LogP contribution in [0.2, 0.25) is 0 Å². The maximum Gasteiger partial charge on any atom is 0.253 e. The molecular weight excluding hydrogens is 224 g/mol. The van der Waals surface area contributed by atoms with Crippen molar-refractivity contribution < 1.29 is 4.79 Å². The van der Waals surface area contributed by atoms with Gasteiger partial charge in [0.2, 0.25) is 0 Å². The van der Waals surface area contributed by atoms with Crippen LogP contribution in [0.3, 0.4) is 0 Å². The van der Waals surface area contributed by atoms with Gasteiger partial charge < -0.3 is 10.6 Å². The SMILES string of the molecule is CCCCCCNC(=O)c1cc(C)ccc1NC. The van der Waals surface area contributed by atoms with Crippen molar-refractivity contribution in [2.24, 2.45) is 0 Å². The Morgan fingerprint density at radius 3 is 2.67 bits per heavy atom. The summed E-state index contributed by atoms with van der Waals surface area (Å²) in [5, 5.41) is 6.03. The third kappa shape index (κ3) is 4.40. The minimum Gasteiger partial charge on any atom is -0.387 e. The Morgan fingerprint density at radius 2 is 2.00 bits per heavy atom. The van der Waals surface area contributed by atoms with Gasteiger partial charge in [0, 0.05) is 19.3 Å². The molecular formula is C15H24N2O. The van der Waals surface area contributed by atoms with Crippen molar-refractivity contribution in [1.82, 2.24) is 5.32 Å². The van der Waals surface area contributed by atoms with E-state index in [1.807, 2.05) is 32.2 Å². The summed E-state index contributed by atoms with van der Waals surface area (Å²) < 4.78 is 0. The summed E-state index contributed by atoms with van der Waals surface area (Å²) in [7, 11) is 1.84. The molecule has 1 aromatic rings. The average molecular weight is 248 g/mol. The van der Waals surface area contributed by atoms with E-state index in [1.165, 1.54) is 19.3 Å². The highest BCUT2D eigenvalue weighted by molar-refractivity contribution is 5.99. The number of anilines is 1. The number of hydrogen-bond acceptors (Lipinski definition) is 2. The zero-order chi connectivity index (χ0) is 13.4. The minimum atomic E-state index is 0.0135. The molecule has 3 heteroatoms. The molecule has 0 saturated carbocycles. The molecule has 1 aromatic carbocycles. The predicted molar refractivity (Wildman–Crippen MR) is 77.2 cm³/mol. The molecule has 0 atom stereocenters. The van der Waals surface area contributed by atoms with Crippen molar-refractivity contribution in [1.29, 1.82) is 0 Å². The molecule has 0 spiro atoms. The first-order valence-electron chi connectivity index (χ1n) is 6.75. The van der Waals surface area contributed by atoms with E-state index < -0.39 is 0 Å². The van der Waals surface area contributed by atoms with Crippen LogP contribution < -0.4 is 10.6 Å². The Hall–Kier alpha value is -1.51. The van der Waals surface area contributed by atoms with Crippen LogP contribution in [-0.4, -0.2) is 19.5 Å². The smallest absolute Gasteiger partial charge is 0.253 e. The van der Waals surface area contributed by atoms with E-state index in [2.05, 4.69) is 17.6 Å². The van der Waals surface area contributed by atoms with Crippen LogP contribution in [0, 0.1) is 6.92 Å². The zero-order valence-corrected chi connectivity index (χ0v) is 11.7. The number of unbranched alkanes of at least 4 members (excludes halogenated alkanes) is 3. The number of rotatable bonds is 7. The maximum atomic E-state index is 12.1. The first-order chi connectivity index (χ1) is 8.69. The van der Waals surface area contributed by atoms with Crippen molar-refractivity contribution in [2.45, 2.75) is 39.5 Å². The van der Waals surface area contributed by atoms with Crippen LogP contribution in [0.5, 0.6) is 0 Å². The number of hydrogen-bond donors (Lipinski definition) is 2. The lowest BCUT2D eigenvalue weighted by molar-refractivity contribution is 0.0953. The molecule has 3 nitrogen and oxygen atoms in total. The highest BCUT2D eigenvalue weighted by Crippen LogP contribution is 2.16. The summed E-state index contributed by atoms with van der Waals surface area (Å²) in [4.78, 5) is 12.1. The summed E-state index contributed by atoms with van der Waals surface area (Å²) >= 11 is 0. The van der Waals surface area contributed by atoms with Gasteiger partial charge in [-0.15, -0.1) is 0 Å². The monoisotopic (exact) mass is 248 g/mol. The number of aryl methyl sites for hydroxylation is 1. The molecule has 1 rings (SSSR count). The number of nitrogens with one attached hydrogen (secondary N) is 2. The highest BCUT2D eigenvalue weighted by Gasteiger charge is 2.09. The number of amides is 1. The van der Waals surface area contributed by atoms with Gasteiger partial charge in [0.05, 0.1) is 5.56 Å². The molecule has 0 bridgehead atoms. The summed E-state index contributed by atoms with van der Waals surface area (Å²) in [5.41, 5.74) is 2.71. The molecule has 0 unspecified atom stereocenters. The van der Waals surface area contributed by atoms with E-state index in [1.54, 1.807) is 0 Å². The van der Waals surface area contributed by atoms with Gasteiger partial charge in [-0.05, 0) is 25.5 Å². The Bertz CT molecular complexity index is 388. The highest BCUT2D eigenvalue weighted by atomic mass is 16.1. The van der Waals surface area contributed by atoms with E-state index in [9.17, 15) is 4.79 Å². The largest absolute Gasteiger partial charge is 0.387 e. The lowest BCUT2D eigenvalue weighted by Crippen LogP contribution is -2.25. The molecule has 0 aliphatic rings. The van der Waals surface area contributed by atoms with Crippen LogP contribution in [0.25, 0.3) is 0 Å². The molecule has 2 N–H and O–H groups in total. The Labute approximate surface area is 110 Å². The van der Waals surface area contributed by atoms with Crippen LogP contribution in [-0.2, 0) is 0 Å². The van der Waals surface area contributed by atoms with E-state index >= 15 is 0 Å². The fourth-order valence-electron chi connectivity index (χ4n) is 1.91. The van der Waals surface area contributed by atoms with Gasteiger partial charge in [-0.1, -0.05) is 37.8 Å². The molecule has 0 heterocycles. The topological polar surface area (TPSA) is 41.1 Å². The van der Waals surface area contributed by atoms with Gasteiger partial charge in [0.25, 0.3) is 5.91 Å². The second-order valence-electron chi connectivity index (χ2n) is 4.62. The number of carbonyl (C=O) groups is 1. The van der Waals surface area contributed by atoms with Crippen molar-refractivity contribution in [3.8, 4) is 0 Å². The number of carbonyl (C=O) groups excluding carboxylic acids is 1. The molecule has 0 radical (unpaired) electrons. The molecule has 0 saturated heterocycles. The predicted octanol–water partition coefficient (Wildman–Crippen LogP) is 3.35. The first kappa shape index (κ1) is 14.6. The summed E-state index contributed by atoms with van der Waals surface area (Å²) in [6, 6.07) is 5.87. The van der Waals surface area contributed by atoms with Crippen molar-refractivity contribution in [3.05, 3.63) is 29.3 Å². The molecule has 100 valence electrons. The fraction of sp³-hybridized carbons (Fsp3) is 0.533. The fourth-order valence-corrected chi connectivity index (χ4v) is 1.91. The molecule has 1 amide bonds. The molecule has 0 aliphatic carbocycles. The van der Waals surface area contributed by atoms with E-state index in [-0.39, 0.29) is 5.91 Å². The summed E-state index contributed by atoms with van der Waals surface area (Å²) in [6.45, 7) is 4.94. The van der Waals surface area contributed by atoms with Gasteiger partial charge in [-0.3, -0.25) is 4.79 Å². The number of benzene rings is 1. The Kier molecular flexibility index (Phi) is 6.26. The van der Waals surface area contributed by atoms with Crippen molar-refractivity contribution >= 4 is 11.6 Å². The average Bonchev–Trinajstić information content (AvgIpc) is 2.38. The van der Waals surface area contributed by atoms with Crippen molar-refractivity contribution in [2.75, 3.05) is 18.9 Å². The second-order valence-corrected chi connectivity index (χ2v) is 4.62. The third-order valence-corrected chi connectivity index (χ3v) is 3.00. The van der Waals surface area contributed by atoms with Crippen molar-refractivity contribution in [3.63, 3.8) is 0 Å². The van der Waals surface area contributed by atoms with Crippen LogP contribution >= 0.6 is 0 Å². The summed E-state index contributed by atoms with van der Waals surface area (Å²) in [5.74, 6) is 0.0135. The van der Waals surface area contributed by atoms with E-state index in [0.29, 0.717) is 0 Å².